The van der Waals surface area contributed by atoms with Crippen molar-refractivity contribution in [3.05, 3.63) is 29.8 Å². The van der Waals surface area contributed by atoms with Crippen molar-refractivity contribution in [2.75, 3.05) is 5.32 Å². The average Bonchev–Trinajstić information content (AvgIpc) is 2.38. The number of anilines is 1. The Labute approximate surface area is 126 Å². The predicted octanol–water partition coefficient (Wildman–Crippen LogP) is 2.66. The number of nitrogens with two attached hydrogens (primary N) is 1. The maximum absolute atomic E-state index is 12.0. The monoisotopic (exact) mass is 291 g/mol. The number of nitrogens with one attached hydrogen (secondary N) is 2. The summed E-state index contributed by atoms with van der Waals surface area (Å²) in [4.78, 5) is 23.0. The second-order valence-electron chi connectivity index (χ2n) is 5.77. The summed E-state index contributed by atoms with van der Waals surface area (Å²) >= 11 is 0. The van der Waals surface area contributed by atoms with E-state index in [0.717, 1.165) is 18.4 Å². The molecule has 0 heterocycles. The molecule has 0 aliphatic heterocycles. The van der Waals surface area contributed by atoms with E-state index < -0.39 is 5.91 Å². The molecule has 0 aliphatic rings. The topological polar surface area (TPSA) is 84.2 Å². The van der Waals surface area contributed by atoms with Crippen molar-refractivity contribution >= 4 is 17.6 Å². The van der Waals surface area contributed by atoms with Crippen LogP contribution >= 0.6 is 0 Å². The van der Waals surface area contributed by atoms with Gasteiger partial charge in [0.2, 0.25) is 5.91 Å². The molecule has 5 nitrogen and oxygen atoms in total. The molecule has 0 aliphatic carbocycles. The minimum Gasteiger partial charge on any atom is -0.369 e. The first-order valence-electron chi connectivity index (χ1n) is 7.32. The molecule has 0 fully saturated rings. The molecule has 0 aromatic heterocycles. The SMILES string of the molecule is CC(C)CC[C@H](C)NC(=O)Nc1ccccc1CC(N)=O. The van der Waals surface area contributed by atoms with E-state index in [1.165, 1.54) is 0 Å². The molecule has 4 N–H and O–H groups in total. The first-order valence-corrected chi connectivity index (χ1v) is 7.32. The van der Waals surface area contributed by atoms with Gasteiger partial charge in [-0.1, -0.05) is 32.0 Å². The van der Waals surface area contributed by atoms with Gasteiger partial charge in [-0.25, -0.2) is 4.79 Å². The third-order valence-electron chi connectivity index (χ3n) is 3.18. The van der Waals surface area contributed by atoms with Crippen LogP contribution in [0.25, 0.3) is 0 Å². The van der Waals surface area contributed by atoms with Crippen LogP contribution in [-0.4, -0.2) is 18.0 Å². The summed E-state index contributed by atoms with van der Waals surface area (Å²) in [6.45, 7) is 6.30. The van der Waals surface area contributed by atoms with Gasteiger partial charge in [0.25, 0.3) is 0 Å². The molecule has 0 saturated heterocycles. The molecule has 0 unspecified atom stereocenters. The summed E-state index contributed by atoms with van der Waals surface area (Å²) in [6.07, 6.45) is 2.12. The molecule has 0 bridgehead atoms. The van der Waals surface area contributed by atoms with Gasteiger partial charge in [-0.15, -0.1) is 0 Å². The standard InChI is InChI=1S/C16H25N3O2/c1-11(2)8-9-12(3)18-16(21)19-14-7-5-4-6-13(14)10-15(17)20/h4-7,11-12H,8-10H2,1-3H3,(H2,17,20)(H2,18,19,21)/t12-/m0/s1. The Hall–Kier alpha value is -2.04. The van der Waals surface area contributed by atoms with E-state index in [2.05, 4.69) is 24.5 Å². The van der Waals surface area contributed by atoms with Gasteiger partial charge in [0.15, 0.2) is 0 Å². The number of carbonyl (C=O) groups is 2. The third-order valence-corrected chi connectivity index (χ3v) is 3.18. The van der Waals surface area contributed by atoms with Gasteiger partial charge in [0.1, 0.15) is 0 Å². The highest BCUT2D eigenvalue weighted by atomic mass is 16.2. The molecule has 0 spiro atoms. The highest BCUT2D eigenvalue weighted by Crippen LogP contribution is 2.15. The molecule has 0 saturated carbocycles. The normalized spacial score (nSPS) is 12.0. The maximum Gasteiger partial charge on any atom is 0.319 e. The fourth-order valence-corrected chi connectivity index (χ4v) is 2.02. The van der Waals surface area contributed by atoms with Gasteiger partial charge < -0.3 is 16.4 Å². The number of hydrogen-bond acceptors (Lipinski definition) is 2. The molecule has 1 rings (SSSR count). The van der Waals surface area contributed by atoms with E-state index in [-0.39, 0.29) is 18.5 Å². The van der Waals surface area contributed by atoms with Crippen molar-refractivity contribution in [3.8, 4) is 0 Å². The number of amides is 3. The average molecular weight is 291 g/mol. The van der Waals surface area contributed by atoms with Crippen LogP contribution in [0.4, 0.5) is 10.5 Å². The molecule has 3 amide bonds. The Bertz CT molecular complexity index is 486. The largest absolute Gasteiger partial charge is 0.369 e. The number of urea groups is 1. The van der Waals surface area contributed by atoms with Crippen LogP contribution in [0.1, 0.15) is 39.2 Å². The van der Waals surface area contributed by atoms with E-state index >= 15 is 0 Å². The van der Waals surface area contributed by atoms with Gasteiger partial charge in [-0.05, 0) is 37.3 Å². The van der Waals surface area contributed by atoms with Crippen molar-refractivity contribution in [1.82, 2.24) is 5.32 Å². The van der Waals surface area contributed by atoms with E-state index in [9.17, 15) is 9.59 Å². The summed E-state index contributed by atoms with van der Waals surface area (Å²) in [6, 6.07) is 7.01. The van der Waals surface area contributed by atoms with Crippen LogP contribution in [-0.2, 0) is 11.2 Å². The summed E-state index contributed by atoms with van der Waals surface area (Å²) in [7, 11) is 0. The minimum atomic E-state index is -0.421. The Morgan fingerprint density at radius 1 is 1.14 bits per heavy atom. The van der Waals surface area contributed by atoms with E-state index in [4.69, 9.17) is 5.73 Å². The lowest BCUT2D eigenvalue weighted by atomic mass is 10.0. The number of hydrogen-bond donors (Lipinski definition) is 3. The van der Waals surface area contributed by atoms with Crippen molar-refractivity contribution in [1.29, 1.82) is 0 Å². The second-order valence-corrected chi connectivity index (χ2v) is 5.77. The molecular weight excluding hydrogens is 266 g/mol. The third kappa shape index (κ3) is 6.79. The Morgan fingerprint density at radius 2 is 1.81 bits per heavy atom. The lowest BCUT2D eigenvalue weighted by Crippen LogP contribution is -2.36. The fourth-order valence-electron chi connectivity index (χ4n) is 2.02. The van der Waals surface area contributed by atoms with Gasteiger partial charge in [0.05, 0.1) is 6.42 Å². The highest BCUT2D eigenvalue weighted by molar-refractivity contribution is 5.91. The first-order chi connectivity index (χ1) is 9.88. The number of benzene rings is 1. The minimum absolute atomic E-state index is 0.107. The number of para-hydroxylation sites is 1. The van der Waals surface area contributed by atoms with Crippen molar-refractivity contribution in [2.24, 2.45) is 11.7 Å². The smallest absolute Gasteiger partial charge is 0.319 e. The molecule has 1 atom stereocenters. The Morgan fingerprint density at radius 3 is 2.43 bits per heavy atom. The van der Waals surface area contributed by atoms with Crippen LogP contribution in [0.5, 0.6) is 0 Å². The Balaban J connectivity index is 2.56. The molecule has 1 aromatic carbocycles. The summed E-state index contributed by atoms with van der Waals surface area (Å²) in [5.74, 6) is 0.198. The lowest BCUT2D eigenvalue weighted by Gasteiger charge is -2.16. The van der Waals surface area contributed by atoms with Crippen molar-refractivity contribution < 1.29 is 9.59 Å². The van der Waals surface area contributed by atoms with E-state index in [0.29, 0.717) is 11.6 Å². The van der Waals surface area contributed by atoms with Gasteiger partial charge >= 0.3 is 6.03 Å². The van der Waals surface area contributed by atoms with E-state index in [1.807, 2.05) is 19.1 Å². The number of rotatable bonds is 7. The van der Waals surface area contributed by atoms with Crippen LogP contribution in [0.3, 0.4) is 0 Å². The molecule has 1 aromatic rings. The molecule has 21 heavy (non-hydrogen) atoms. The number of carbonyl (C=O) groups excluding carboxylic acids is 2. The Kier molecular flexibility index (Phi) is 6.72. The van der Waals surface area contributed by atoms with Gasteiger partial charge in [-0.2, -0.15) is 0 Å². The maximum atomic E-state index is 12.0. The van der Waals surface area contributed by atoms with Crippen molar-refractivity contribution in [2.45, 2.75) is 46.1 Å². The van der Waals surface area contributed by atoms with Crippen LogP contribution in [0, 0.1) is 5.92 Å². The van der Waals surface area contributed by atoms with E-state index in [1.54, 1.807) is 12.1 Å². The molecule has 5 heteroatoms. The summed E-state index contributed by atoms with van der Waals surface area (Å²) < 4.78 is 0. The summed E-state index contributed by atoms with van der Waals surface area (Å²) in [5.41, 5.74) is 6.54. The fraction of sp³-hybridized carbons (Fsp3) is 0.500. The quantitative estimate of drug-likeness (QED) is 0.721. The lowest BCUT2D eigenvalue weighted by molar-refractivity contribution is -0.117. The molecule has 116 valence electrons. The van der Waals surface area contributed by atoms with Crippen LogP contribution in [0.2, 0.25) is 0 Å². The zero-order valence-electron chi connectivity index (χ0n) is 13.0. The number of primary amides is 1. The first kappa shape index (κ1) is 17.0. The van der Waals surface area contributed by atoms with Crippen LogP contribution < -0.4 is 16.4 Å². The zero-order valence-corrected chi connectivity index (χ0v) is 13.0. The second kappa shape index (κ2) is 8.29. The zero-order chi connectivity index (χ0) is 15.8. The van der Waals surface area contributed by atoms with Crippen LogP contribution in [0.15, 0.2) is 24.3 Å². The predicted molar refractivity (Wildman–Crippen MR) is 85.0 cm³/mol. The van der Waals surface area contributed by atoms with Gasteiger partial charge in [-0.3, -0.25) is 4.79 Å². The summed E-state index contributed by atoms with van der Waals surface area (Å²) in [5, 5.41) is 5.67. The molecular formula is C16H25N3O2. The molecule has 0 radical (unpaired) electrons. The highest BCUT2D eigenvalue weighted by Gasteiger charge is 2.11. The van der Waals surface area contributed by atoms with Crippen molar-refractivity contribution in [3.63, 3.8) is 0 Å². The van der Waals surface area contributed by atoms with Gasteiger partial charge in [0, 0.05) is 11.7 Å².